The van der Waals surface area contributed by atoms with Crippen molar-refractivity contribution in [2.45, 2.75) is 12.7 Å². The van der Waals surface area contributed by atoms with E-state index in [-0.39, 0.29) is 18.3 Å². The lowest BCUT2D eigenvalue weighted by molar-refractivity contribution is 0.0697. The molecule has 27 heavy (non-hydrogen) atoms. The molecule has 0 amide bonds. The van der Waals surface area contributed by atoms with Gasteiger partial charge in [-0.15, -0.1) is 0 Å². The molecule has 1 fully saturated rings. The quantitative estimate of drug-likeness (QED) is 0.703. The number of aromatic nitrogens is 1. The summed E-state index contributed by atoms with van der Waals surface area (Å²) in [6.45, 7) is 1.32. The number of carbonyl (C=O) groups is 1. The smallest absolute Gasteiger partial charge is 0.337 e. The Labute approximate surface area is 156 Å². The topological polar surface area (TPSA) is 74.9 Å². The van der Waals surface area contributed by atoms with Crippen molar-refractivity contribution in [1.82, 2.24) is 4.57 Å². The van der Waals surface area contributed by atoms with Gasteiger partial charge < -0.3 is 24.4 Å². The van der Waals surface area contributed by atoms with Crippen LogP contribution in [0.3, 0.4) is 0 Å². The summed E-state index contributed by atoms with van der Waals surface area (Å²) in [5, 5.41) is 18.8. The predicted octanol–water partition coefficient (Wildman–Crippen LogP) is 2.94. The first-order chi connectivity index (χ1) is 13.2. The number of para-hydroxylation sites is 1. The number of benzene rings is 2. The largest absolute Gasteiger partial charge is 0.487 e. The van der Waals surface area contributed by atoms with Crippen molar-refractivity contribution in [2.75, 3.05) is 18.0 Å². The van der Waals surface area contributed by atoms with E-state index in [0.29, 0.717) is 18.8 Å². The summed E-state index contributed by atoms with van der Waals surface area (Å²) in [5.74, 6) is -0.217. The van der Waals surface area contributed by atoms with Gasteiger partial charge in [0, 0.05) is 12.4 Å². The number of aliphatic hydroxyl groups is 1. The maximum Gasteiger partial charge on any atom is 0.337 e. The lowest BCUT2D eigenvalue weighted by Crippen LogP contribution is -2.54. The zero-order valence-electron chi connectivity index (χ0n) is 14.7. The van der Waals surface area contributed by atoms with Crippen LogP contribution in [0.2, 0.25) is 0 Å². The number of hydrogen-bond acceptors (Lipinski definition) is 4. The molecule has 2 N–H and O–H groups in total. The Morgan fingerprint density at radius 1 is 1.07 bits per heavy atom. The predicted molar refractivity (Wildman–Crippen MR) is 102 cm³/mol. The van der Waals surface area contributed by atoms with E-state index in [1.54, 1.807) is 12.1 Å². The van der Waals surface area contributed by atoms with E-state index in [1.165, 1.54) is 0 Å². The molecule has 0 unspecified atom stereocenters. The fraction of sp³-hybridized carbons (Fsp3) is 0.190. The van der Waals surface area contributed by atoms with Gasteiger partial charge in [0.1, 0.15) is 11.9 Å². The number of hydrogen-bond donors (Lipinski definition) is 2. The van der Waals surface area contributed by atoms with Crippen molar-refractivity contribution in [1.29, 1.82) is 0 Å². The molecule has 0 radical (unpaired) electrons. The molecule has 6 heteroatoms. The number of aromatic carboxylic acids is 1. The molecule has 3 aromatic rings. The molecule has 1 saturated heterocycles. The summed E-state index contributed by atoms with van der Waals surface area (Å²) < 4.78 is 7.81. The van der Waals surface area contributed by atoms with Crippen LogP contribution in [-0.2, 0) is 6.61 Å². The normalized spacial score (nSPS) is 14.0. The lowest BCUT2D eigenvalue weighted by Gasteiger charge is -2.41. The van der Waals surface area contributed by atoms with Gasteiger partial charge in [0.25, 0.3) is 0 Å². The highest BCUT2D eigenvalue weighted by Crippen LogP contribution is 2.32. The van der Waals surface area contributed by atoms with Gasteiger partial charge in [0.15, 0.2) is 0 Å². The molecule has 138 valence electrons. The third-order valence-electron chi connectivity index (χ3n) is 4.68. The van der Waals surface area contributed by atoms with Gasteiger partial charge in [0.2, 0.25) is 0 Å². The van der Waals surface area contributed by atoms with Crippen LogP contribution in [0.15, 0.2) is 67.0 Å². The second-order valence-electron chi connectivity index (χ2n) is 6.52. The Morgan fingerprint density at radius 3 is 2.52 bits per heavy atom. The number of anilines is 1. The third kappa shape index (κ3) is 3.39. The fourth-order valence-corrected chi connectivity index (χ4v) is 3.33. The van der Waals surface area contributed by atoms with Gasteiger partial charge >= 0.3 is 5.97 Å². The summed E-state index contributed by atoms with van der Waals surface area (Å²) in [4.78, 5) is 13.8. The monoisotopic (exact) mass is 364 g/mol. The molecular weight excluding hydrogens is 344 g/mol. The fourth-order valence-electron chi connectivity index (χ4n) is 3.33. The van der Waals surface area contributed by atoms with E-state index in [2.05, 4.69) is 4.90 Å². The minimum Gasteiger partial charge on any atom is -0.487 e. The Morgan fingerprint density at radius 2 is 1.81 bits per heavy atom. The maximum absolute atomic E-state index is 11.7. The summed E-state index contributed by atoms with van der Waals surface area (Å²) >= 11 is 0. The van der Waals surface area contributed by atoms with E-state index >= 15 is 0 Å². The maximum atomic E-state index is 11.7. The lowest BCUT2D eigenvalue weighted by atomic mass is 10.1. The van der Waals surface area contributed by atoms with Crippen molar-refractivity contribution >= 4 is 11.7 Å². The standard InChI is InChI=1S/C21H20N2O4/c24-14-15-5-3-6-16(11-15)27-17-12-23(13-17)19-8-4-7-18(21(25)26)20(19)22-9-1-2-10-22/h1-11,17,24H,12-14H2,(H,25,26). The highest BCUT2D eigenvalue weighted by molar-refractivity contribution is 5.95. The molecule has 0 bridgehead atoms. The molecule has 0 saturated carbocycles. The van der Waals surface area contributed by atoms with Crippen LogP contribution in [0.1, 0.15) is 15.9 Å². The van der Waals surface area contributed by atoms with E-state index in [0.717, 1.165) is 17.0 Å². The molecule has 0 atom stereocenters. The molecule has 2 aromatic carbocycles. The highest BCUT2D eigenvalue weighted by atomic mass is 16.5. The minimum atomic E-state index is -0.949. The molecule has 1 aliphatic heterocycles. The molecule has 1 aromatic heterocycles. The second-order valence-corrected chi connectivity index (χ2v) is 6.52. The first kappa shape index (κ1) is 17.2. The molecule has 4 rings (SSSR count). The number of ether oxygens (including phenoxy) is 1. The molecule has 6 nitrogen and oxygen atoms in total. The average molecular weight is 364 g/mol. The van der Waals surface area contributed by atoms with Crippen LogP contribution in [0.5, 0.6) is 5.75 Å². The SMILES string of the molecule is O=C(O)c1cccc(N2CC(Oc3cccc(CO)c3)C2)c1-n1cccc1. The number of aliphatic hydroxyl groups excluding tert-OH is 1. The van der Waals surface area contributed by atoms with Gasteiger partial charge in [-0.3, -0.25) is 0 Å². The van der Waals surface area contributed by atoms with Gasteiger partial charge in [-0.05, 0) is 42.0 Å². The Hall–Kier alpha value is -3.25. The second kappa shape index (κ2) is 7.17. The van der Waals surface area contributed by atoms with E-state index in [9.17, 15) is 15.0 Å². The van der Waals surface area contributed by atoms with Gasteiger partial charge in [-0.1, -0.05) is 18.2 Å². The number of carboxylic acid groups (broad SMARTS) is 1. The average Bonchev–Trinajstić information content (AvgIpc) is 3.18. The van der Waals surface area contributed by atoms with E-state index in [1.807, 2.05) is 59.4 Å². The number of carboxylic acids is 1. The number of rotatable bonds is 6. The van der Waals surface area contributed by atoms with Crippen molar-refractivity contribution in [3.05, 3.63) is 78.1 Å². The summed E-state index contributed by atoms with van der Waals surface area (Å²) in [6.07, 6.45) is 3.71. The summed E-state index contributed by atoms with van der Waals surface area (Å²) in [5.41, 5.74) is 2.61. The number of nitrogens with zero attached hydrogens (tertiary/aromatic N) is 2. The third-order valence-corrected chi connectivity index (χ3v) is 4.68. The van der Waals surface area contributed by atoms with E-state index < -0.39 is 5.97 Å². The van der Waals surface area contributed by atoms with Crippen molar-refractivity contribution in [3.8, 4) is 11.4 Å². The zero-order valence-corrected chi connectivity index (χ0v) is 14.7. The first-order valence-corrected chi connectivity index (χ1v) is 8.77. The van der Waals surface area contributed by atoms with Crippen LogP contribution >= 0.6 is 0 Å². The summed E-state index contributed by atoms with van der Waals surface area (Å²) in [7, 11) is 0. The van der Waals surface area contributed by atoms with Crippen LogP contribution < -0.4 is 9.64 Å². The Kier molecular flexibility index (Phi) is 4.56. The molecule has 0 spiro atoms. The van der Waals surface area contributed by atoms with Crippen molar-refractivity contribution in [2.24, 2.45) is 0 Å². The Bertz CT molecular complexity index is 947. The Balaban J connectivity index is 1.54. The minimum absolute atomic E-state index is 0.0177. The van der Waals surface area contributed by atoms with Crippen molar-refractivity contribution in [3.63, 3.8) is 0 Å². The summed E-state index contributed by atoms with van der Waals surface area (Å²) in [6, 6.07) is 16.5. The van der Waals surface area contributed by atoms with Crippen LogP contribution in [0.25, 0.3) is 5.69 Å². The highest BCUT2D eigenvalue weighted by Gasteiger charge is 2.31. The van der Waals surface area contributed by atoms with Gasteiger partial charge in [0.05, 0.1) is 36.6 Å². The molecule has 2 heterocycles. The van der Waals surface area contributed by atoms with Gasteiger partial charge in [-0.25, -0.2) is 4.79 Å². The molecule has 1 aliphatic rings. The van der Waals surface area contributed by atoms with Crippen LogP contribution in [-0.4, -0.2) is 39.9 Å². The van der Waals surface area contributed by atoms with Crippen LogP contribution in [0.4, 0.5) is 5.69 Å². The van der Waals surface area contributed by atoms with Crippen LogP contribution in [0, 0.1) is 0 Å². The first-order valence-electron chi connectivity index (χ1n) is 8.77. The van der Waals surface area contributed by atoms with Gasteiger partial charge in [-0.2, -0.15) is 0 Å². The van der Waals surface area contributed by atoms with Crippen molar-refractivity contribution < 1.29 is 19.7 Å². The molecular formula is C21H20N2O4. The zero-order chi connectivity index (χ0) is 18.8. The molecule has 0 aliphatic carbocycles. The van der Waals surface area contributed by atoms with E-state index in [4.69, 9.17) is 4.74 Å².